The Balaban J connectivity index is 3.24. The van der Waals surface area contributed by atoms with E-state index in [9.17, 15) is 0 Å². The summed E-state index contributed by atoms with van der Waals surface area (Å²) in [5, 5.41) is 17.0. The van der Waals surface area contributed by atoms with Crippen LogP contribution in [0.2, 0.25) is 0 Å². The zero-order chi connectivity index (χ0) is 8.97. The second-order valence-corrected chi connectivity index (χ2v) is 2.20. The highest BCUT2D eigenvalue weighted by molar-refractivity contribution is 5.53. The summed E-state index contributed by atoms with van der Waals surface area (Å²) >= 11 is 0. The number of rotatable bonds is 1. The Kier molecular flexibility index (Phi) is 2.25. The average molecular weight is 158 g/mol. The molecule has 1 aromatic heterocycles. The van der Waals surface area contributed by atoms with Gasteiger partial charge in [0.2, 0.25) is 0 Å². The predicted molar refractivity (Wildman–Crippen MR) is 42.7 cm³/mol. The van der Waals surface area contributed by atoms with Crippen LogP contribution in [0.3, 0.4) is 0 Å². The highest BCUT2D eigenvalue weighted by Crippen LogP contribution is 2.14. The van der Waals surface area contributed by atoms with E-state index in [1.165, 1.54) is 12.4 Å². The minimum absolute atomic E-state index is 0.150. The topological polar surface area (TPSA) is 86.5 Å². The van der Waals surface area contributed by atoms with Crippen molar-refractivity contribution in [3.05, 3.63) is 23.5 Å². The number of aromatic nitrogens is 1. The Labute approximate surface area is 69.9 Å². The van der Waals surface area contributed by atoms with E-state index in [4.69, 9.17) is 16.3 Å². The first kappa shape index (κ1) is 8.03. The summed E-state index contributed by atoms with van der Waals surface area (Å²) < 4.78 is 0. The summed E-state index contributed by atoms with van der Waals surface area (Å²) in [6.45, 7) is 0. The molecule has 0 aliphatic rings. The summed E-state index contributed by atoms with van der Waals surface area (Å²) in [5.74, 6) is 0. The molecule has 4 heteroatoms. The van der Waals surface area contributed by atoms with Gasteiger partial charge in [0.1, 0.15) is 6.07 Å². The van der Waals surface area contributed by atoms with E-state index in [1.54, 1.807) is 0 Å². The van der Waals surface area contributed by atoms with Crippen molar-refractivity contribution in [1.29, 1.82) is 10.5 Å². The molecule has 1 aromatic rings. The first-order chi connectivity index (χ1) is 5.79. The number of pyridine rings is 1. The third-order valence-electron chi connectivity index (χ3n) is 1.47. The summed E-state index contributed by atoms with van der Waals surface area (Å²) in [6.07, 6.45) is 2.99. The van der Waals surface area contributed by atoms with Gasteiger partial charge in [-0.25, -0.2) is 0 Å². The van der Waals surface area contributed by atoms with Crippen LogP contribution < -0.4 is 5.73 Å². The fourth-order valence-corrected chi connectivity index (χ4v) is 0.876. The summed E-state index contributed by atoms with van der Waals surface area (Å²) in [5.41, 5.74) is 6.85. The van der Waals surface area contributed by atoms with Gasteiger partial charge in [-0.2, -0.15) is 10.5 Å². The van der Waals surface area contributed by atoms with Gasteiger partial charge in [0.05, 0.1) is 29.9 Å². The van der Waals surface area contributed by atoms with Crippen molar-refractivity contribution in [3.63, 3.8) is 0 Å². The fraction of sp³-hybridized carbons (Fsp3) is 0.125. The Hall–Kier alpha value is -2.07. The molecule has 58 valence electrons. The first-order valence-corrected chi connectivity index (χ1v) is 3.29. The zero-order valence-corrected chi connectivity index (χ0v) is 6.28. The Morgan fingerprint density at radius 3 is 2.75 bits per heavy atom. The van der Waals surface area contributed by atoms with Crippen LogP contribution in [-0.2, 0) is 6.42 Å². The zero-order valence-electron chi connectivity index (χ0n) is 6.28. The summed E-state index contributed by atoms with van der Waals surface area (Å²) in [7, 11) is 0. The molecule has 1 rings (SSSR count). The molecule has 0 amide bonds. The standard InChI is InChI=1S/C8H6N4/c9-2-1-7-6(3-10)4-12-5-8(7)11/h4-5H,1,11H2. The normalized spacial score (nSPS) is 8.50. The van der Waals surface area contributed by atoms with E-state index in [0.717, 1.165) is 0 Å². The van der Waals surface area contributed by atoms with Crippen LogP contribution in [-0.4, -0.2) is 4.98 Å². The Bertz CT molecular complexity index is 370. The summed E-state index contributed by atoms with van der Waals surface area (Å²) in [4.78, 5) is 3.74. The van der Waals surface area contributed by atoms with E-state index >= 15 is 0 Å². The van der Waals surface area contributed by atoms with E-state index < -0.39 is 0 Å². The van der Waals surface area contributed by atoms with Crippen LogP contribution in [0, 0.1) is 22.7 Å². The van der Waals surface area contributed by atoms with Crippen molar-refractivity contribution in [3.8, 4) is 12.1 Å². The van der Waals surface area contributed by atoms with Gasteiger partial charge in [0, 0.05) is 11.8 Å². The van der Waals surface area contributed by atoms with Gasteiger partial charge in [-0.05, 0) is 0 Å². The molecule has 0 radical (unpaired) electrons. The molecule has 2 N–H and O–H groups in total. The molecule has 0 aromatic carbocycles. The number of hydrogen-bond acceptors (Lipinski definition) is 4. The molecule has 1 heterocycles. The molecule has 4 nitrogen and oxygen atoms in total. The molecule has 0 atom stereocenters. The maximum Gasteiger partial charge on any atom is 0.101 e. The van der Waals surface area contributed by atoms with Crippen molar-refractivity contribution >= 4 is 5.69 Å². The molecule has 12 heavy (non-hydrogen) atoms. The second-order valence-electron chi connectivity index (χ2n) is 2.20. The smallest absolute Gasteiger partial charge is 0.101 e. The predicted octanol–water partition coefficient (Wildman–Crippen LogP) is 0.602. The first-order valence-electron chi connectivity index (χ1n) is 3.29. The maximum absolute atomic E-state index is 8.61. The van der Waals surface area contributed by atoms with E-state index in [2.05, 4.69) is 4.98 Å². The molecule has 0 fully saturated rings. The number of hydrogen-bond donors (Lipinski definition) is 1. The SMILES string of the molecule is N#CCc1c(N)cncc1C#N. The molecule has 0 saturated carbocycles. The average Bonchev–Trinajstić information content (AvgIpc) is 2.09. The minimum Gasteiger partial charge on any atom is -0.397 e. The molecule has 0 unspecified atom stereocenters. The van der Waals surface area contributed by atoms with Crippen LogP contribution in [0.5, 0.6) is 0 Å². The van der Waals surface area contributed by atoms with Crippen molar-refractivity contribution in [2.75, 3.05) is 5.73 Å². The van der Waals surface area contributed by atoms with Gasteiger partial charge in [-0.3, -0.25) is 4.98 Å². The van der Waals surface area contributed by atoms with Gasteiger partial charge in [0.25, 0.3) is 0 Å². The van der Waals surface area contributed by atoms with Gasteiger partial charge in [-0.1, -0.05) is 0 Å². The number of nitriles is 2. The third kappa shape index (κ3) is 1.33. The molecule has 0 aliphatic carbocycles. The van der Waals surface area contributed by atoms with Crippen molar-refractivity contribution in [1.82, 2.24) is 4.98 Å². The lowest BCUT2D eigenvalue weighted by atomic mass is 10.1. The van der Waals surface area contributed by atoms with Crippen LogP contribution in [0.15, 0.2) is 12.4 Å². The van der Waals surface area contributed by atoms with Crippen molar-refractivity contribution in [2.24, 2.45) is 0 Å². The van der Waals surface area contributed by atoms with Gasteiger partial charge in [-0.15, -0.1) is 0 Å². The van der Waals surface area contributed by atoms with Crippen LogP contribution in [0.25, 0.3) is 0 Å². The number of nitrogen functional groups attached to an aromatic ring is 1. The highest BCUT2D eigenvalue weighted by atomic mass is 14.7. The molecular formula is C8H6N4. The van der Waals surface area contributed by atoms with E-state index in [0.29, 0.717) is 16.8 Å². The van der Waals surface area contributed by atoms with E-state index in [1.807, 2.05) is 12.1 Å². The maximum atomic E-state index is 8.61. The fourth-order valence-electron chi connectivity index (χ4n) is 0.876. The number of anilines is 1. The van der Waals surface area contributed by atoms with Gasteiger partial charge in [0.15, 0.2) is 0 Å². The van der Waals surface area contributed by atoms with Crippen LogP contribution in [0.4, 0.5) is 5.69 Å². The van der Waals surface area contributed by atoms with Crippen LogP contribution >= 0.6 is 0 Å². The minimum atomic E-state index is 0.150. The Morgan fingerprint density at radius 1 is 1.42 bits per heavy atom. The third-order valence-corrected chi connectivity index (χ3v) is 1.47. The summed E-state index contributed by atoms with van der Waals surface area (Å²) in [6, 6.07) is 3.87. The number of nitrogens with zero attached hydrogens (tertiary/aromatic N) is 3. The second kappa shape index (κ2) is 3.36. The molecule has 0 spiro atoms. The van der Waals surface area contributed by atoms with Crippen molar-refractivity contribution < 1.29 is 0 Å². The highest BCUT2D eigenvalue weighted by Gasteiger charge is 2.04. The number of nitrogens with two attached hydrogens (primary N) is 1. The van der Waals surface area contributed by atoms with E-state index in [-0.39, 0.29) is 6.42 Å². The lowest BCUT2D eigenvalue weighted by Gasteiger charge is -2.00. The molecule has 0 saturated heterocycles. The lowest BCUT2D eigenvalue weighted by molar-refractivity contribution is 1.19. The molecule has 0 aliphatic heterocycles. The molecular weight excluding hydrogens is 152 g/mol. The Morgan fingerprint density at radius 2 is 2.17 bits per heavy atom. The lowest BCUT2D eigenvalue weighted by Crippen LogP contribution is -1.98. The monoisotopic (exact) mass is 158 g/mol. The van der Waals surface area contributed by atoms with Gasteiger partial charge >= 0.3 is 0 Å². The molecule has 0 bridgehead atoms. The van der Waals surface area contributed by atoms with Crippen LogP contribution in [0.1, 0.15) is 11.1 Å². The largest absolute Gasteiger partial charge is 0.397 e. The van der Waals surface area contributed by atoms with Gasteiger partial charge < -0.3 is 5.73 Å². The quantitative estimate of drug-likeness (QED) is 0.648. The van der Waals surface area contributed by atoms with Crippen molar-refractivity contribution in [2.45, 2.75) is 6.42 Å².